The summed E-state index contributed by atoms with van der Waals surface area (Å²) >= 11 is 0. The fourth-order valence-corrected chi connectivity index (χ4v) is 13.2. The van der Waals surface area contributed by atoms with Gasteiger partial charge in [-0.15, -0.1) is 0 Å². The number of carbonyl (C=O) groups excluding carboxylic acids is 4. The van der Waals surface area contributed by atoms with Crippen molar-refractivity contribution in [2.45, 2.75) is 407 Å². The zero-order valence-corrected chi connectivity index (χ0v) is 63.9. The molecule has 95 heavy (non-hydrogen) atoms. The SMILES string of the molecule is CCCCCCCC(=O)OC[C@H](COP(=O)(O)OC[C@H](O)COP(=O)(O)OC[C@@H](COC(=O)CCCCCCCCCCCCCCCCCCC(C)C)OC(=O)CCCCCCCCCCCCCCCCCCCCC(C)C)OC(=O)CCCCCCCCCC(C)C. The zero-order chi connectivity index (χ0) is 70.1. The molecule has 3 N–H and O–H groups in total. The molecule has 0 bridgehead atoms. The summed E-state index contributed by atoms with van der Waals surface area (Å²) < 4.78 is 68.2. The van der Waals surface area contributed by atoms with Crippen LogP contribution >= 0.6 is 15.6 Å². The van der Waals surface area contributed by atoms with E-state index in [-0.39, 0.29) is 25.7 Å². The number of rotatable bonds is 74. The third kappa shape index (κ3) is 70.3. The van der Waals surface area contributed by atoms with Crippen LogP contribution in [-0.2, 0) is 65.4 Å². The van der Waals surface area contributed by atoms with Gasteiger partial charge in [-0.05, 0) is 43.4 Å². The van der Waals surface area contributed by atoms with Crippen LogP contribution in [0.25, 0.3) is 0 Å². The van der Waals surface area contributed by atoms with Crippen molar-refractivity contribution in [2.75, 3.05) is 39.6 Å². The van der Waals surface area contributed by atoms with Crippen molar-refractivity contribution >= 4 is 39.5 Å². The second-order valence-electron chi connectivity index (χ2n) is 28.8. The van der Waals surface area contributed by atoms with Gasteiger partial charge >= 0.3 is 39.5 Å². The van der Waals surface area contributed by atoms with Crippen LogP contribution in [0, 0.1) is 17.8 Å². The van der Waals surface area contributed by atoms with Crippen molar-refractivity contribution in [2.24, 2.45) is 17.8 Å². The van der Waals surface area contributed by atoms with E-state index in [9.17, 15) is 43.2 Å². The summed E-state index contributed by atoms with van der Waals surface area (Å²) in [5.74, 6) is 0.197. The first-order valence-corrected chi connectivity index (χ1v) is 42.3. The number of hydrogen-bond donors (Lipinski definition) is 3. The summed E-state index contributed by atoms with van der Waals surface area (Å²) in [6.07, 6.45) is 53.5. The van der Waals surface area contributed by atoms with Crippen molar-refractivity contribution in [3.8, 4) is 0 Å². The monoisotopic (exact) mass is 1400 g/mol. The number of aliphatic hydroxyl groups excluding tert-OH is 1. The molecule has 17 nitrogen and oxygen atoms in total. The second kappa shape index (κ2) is 66.6. The molecule has 0 heterocycles. The maximum absolute atomic E-state index is 13.1. The van der Waals surface area contributed by atoms with E-state index in [4.69, 9.17) is 37.0 Å². The number of carbonyl (C=O) groups is 4. The molecule has 0 aliphatic heterocycles. The van der Waals surface area contributed by atoms with Gasteiger partial charge in [0, 0.05) is 25.7 Å². The molecule has 0 fully saturated rings. The molecule has 0 saturated heterocycles. The Morgan fingerprint density at radius 1 is 0.284 bits per heavy atom. The highest BCUT2D eigenvalue weighted by Gasteiger charge is 2.30. The molecule has 0 amide bonds. The Bertz CT molecular complexity index is 1850. The molecule has 0 aliphatic carbocycles. The van der Waals surface area contributed by atoms with E-state index in [1.807, 2.05) is 0 Å². The molecule has 0 rings (SSSR count). The van der Waals surface area contributed by atoms with E-state index < -0.39 is 97.5 Å². The van der Waals surface area contributed by atoms with Crippen LogP contribution in [-0.4, -0.2) is 96.7 Å². The lowest BCUT2D eigenvalue weighted by Gasteiger charge is -2.21. The summed E-state index contributed by atoms with van der Waals surface area (Å²) in [6, 6.07) is 0. The van der Waals surface area contributed by atoms with Gasteiger partial charge in [-0.3, -0.25) is 37.3 Å². The molecule has 0 aliphatic rings. The van der Waals surface area contributed by atoms with Gasteiger partial charge in [-0.2, -0.15) is 0 Å². The smallest absolute Gasteiger partial charge is 0.462 e. The van der Waals surface area contributed by atoms with Crippen LogP contribution in [0.3, 0.4) is 0 Å². The number of hydrogen-bond acceptors (Lipinski definition) is 15. The van der Waals surface area contributed by atoms with Crippen molar-refractivity contribution in [1.82, 2.24) is 0 Å². The average Bonchev–Trinajstić information content (AvgIpc) is 2.35. The van der Waals surface area contributed by atoms with E-state index >= 15 is 0 Å². The molecule has 0 aromatic rings. The molecule has 0 aromatic carbocycles. The van der Waals surface area contributed by atoms with Gasteiger partial charge in [0.15, 0.2) is 12.2 Å². The Morgan fingerprint density at radius 3 is 0.716 bits per heavy atom. The predicted molar refractivity (Wildman–Crippen MR) is 386 cm³/mol. The van der Waals surface area contributed by atoms with Crippen molar-refractivity contribution in [3.05, 3.63) is 0 Å². The van der Waals surface area contributed by atoms with Gasteiger partial charge in [0.25, 0.3) is 0 Å². The van der Waals surface area contributed by atoms with Crippen molar-refractivity contribution in [3.63, 3.8) is 0 Å². The molecule has 2 unspecified atom stereocenters. The number of aliphatic hydroxyl groups is 1. The standard InChI is InChI=1S/C76H148O17P2/c1-8-9-10-40-50-57-73(78)86-63-71(92-76(81)60-53-46-39-33-36-43-49-56-69(6)7)65-90-94(82,83)88-61-70(77)62-89-95(84,85)91-66-72(64-87-74(79)58-51-44-37-31-27-23-19-16-15-18-22-26-30-35-42-48-55-68(4)5)93-75(80)59-52-45-38-32-28-24-20-14-12-11-13-17-21-25-29-34-41-47-54-67(2)3/h67-72,77H,8-66H2,1-7H3,(H,82,83)(H,84,85)/t70-,71+,72+/m0/s1. The number of ether oxygens (including phenoxy) is 4. The van der Waals surface area contributed by atoms with E-state index in [0.29, 0.717) is 31.6 Å². The largest absolute Gasteiger partial charge is 0.472 e. The van der Waals surface area contributed by atoms with E-state index in [2.05, 4.69) is 48.5 Å². The number of unbranched alkanes of at least 4 members (excludes halogenated alkanes) is 42. The van der Waals surface area contributed by atoms with Crippen LogP contribution in [0.15, 0.2) is 0 Å². The summed E-state index contributed by atoms with van der Waals surface area (Å²) in [6.45, 7) is 11.8. The van der Waals surface area contributed by atoms with Crippen LogP contribution in [0.2, 0.25) is 0 Å². The van der Waals surface area contributed by atoms with Gasteiger partial charge in [0.05, 0.1) is 26.4 Å². The third-order valence-corrected chi connectivity index (χ3v) is 19.5. The van der Waals surface area contributed by atoms with Gasteiger partial charge in [0.2, 0.25) is 0 Å². The lowest BCUT2D eigenvalue weighted by molar-refractivity contribution is -0.161. The fraction of sp³-hybridized carbons (Fsp3) is 0.947. The minimum atomic E-state index is -4.96. The molecule has 0 radical (unpaired) electrons. The fourth-order valence-electron chi connectivity index (χ4n) is 11.6. The maximum atomic E-state index is 13.1. The Morgan fingerprint density at radius 2 is 0.484 bits per heavy atom. The first-order chi connectivity index (χ1) is 45.7. The molecular formula is C76H148O17P2. The van der Waals surface area contributed by atoms with Crippen molar-refractivity contribution < 1.29 is 80.2 Å². The molecular weight excluding hydrogens is 1250 g/mol. The molecule has 5 atom stereocenters. The summed E-state index contributed by atoms with van der Waals surface area (Å²) in [5.41, 5.74) is 0. The lowest BCUT2D eigenvalue weighted by Crippen LogP contribution is -2.30. The van der Waals surface area contributed by atoms with E-state index in [1.165, 1.54) is 193 Å². The second-order valence-corrected chi connectivity index (χ2v) is 31.7. The summed E-state index contributed by atoms with van der Waals surface area (Å²) in [7, 11) is -9.90. The molecule has 19 heteroatoms. The van der Waals surface area contributed by atoms with Crippen LogP contribution < -0.4 is 0 Å². The quantitative estimate of drug-likeness (QED) is 0.0222. The first kappa shape index (κ1) is 93.1. The van der Waals surface area contributed by atoms with Gasteiger partial charge < -0.3 is 33.8 Å². The highest BCUT2D eigenvalue weighted by Crippen LogP contribution is 2.45. The molecule has 0 aromatic heterocycles. The lowest BCUT2D eigenvalue weighted by atomic mass is 10.0. The van der Waals surface area contributed by atoms with Gasteiger partial charge in [-0.1, -0.05) is 337 Å². The van der Waals surface area contributed by atoms with E-state index in [0.717, 1.165) is 108 Å². The molecule has 564 valence electrons. The Labute approximate surface area is 581 Å². The third-order valence-electron chi connectivity index (χ3n) is 17.6. The zero-order valence-electron chi connectivity index (χ0n) is 62.1. The predicted octanol–water partition coefficient (Wildman–Crippen LogP) is 22.2. The summed E-state index contributed by atoms with van der Waals surface area (Å²) in [5, 5.41) is 10.6. The Balaban J connectivity index is 5.11. The summed E-state index contributed by atoms with van der Waals surface area (Å²) in [4.78, 5) is 72.4. The maximum Gasteiger partial charge on any atom is 0.472 e. The number of phosphoric acid groups is 2. The average molecular weight is 1400 g/mol. The first-order valence-electron chi connectivity index (χ1n) is 39.3. The Hall–Kier alpha value is -1.94. The minimum Gasteiger partial charge on any atom is -0.462 e. The van der Waals surface area contributed by atoms with Gasteiger partial charge in [0.1, 0.15) is 19.3 Å². The topological polar surface area (TPSA) is 237 Å². The van der Waals surface area contributed by atoms with Crippen molar-refractivity contribution in [1.29, 1.82) is 0 Å². The van der Waals surface area contributed by atoms with Gasteiger partial charge in [-0.25, -0.2) is 9.13 Å². The minimum absolute atomic E-state index is 0.103. The normalized spacial score (nSPS) is 14.1. The Kier molecular flexibility index (Phi) is 65.2. The highest BCUT2D eigenvalue weighted by molar-refractivity contribution is 7.47. The van der Waals surface area contributed by atoms with Crippen LogP contribution in [0.1, 0.15) is 389 Å². The van der Waals surface area contributed by atoms with Crippen LogP contribution in [0.5, 0.6) is 0 Å². The van der Waals surface area contributed by atoms with E-state index in [1.54, 1.807) is 0 Å². The number of esters is 4. The van der Waals surface area contributed by atoms with Crippen LogP contribution in [0.4, 0.5) is 0 Å². The number of phosphoric ester groups is 2. The molecule has 0 spiro atoms. The highest BCUT2D eigenvalue weighted by atomic mass is 31.2. The molecule has 0 saturated carbocycles.